The normalized spacial score (nSPS) is 14.2. The maximum atomic E-state index is 13.2. The van der Waals surface area contributed by atoms with Gasteiger partial charge < -0.3 is 14.8 Å². The molecule has 1 fully saturated rings. The van der Waals surface area contributed by atoms with Crippen molar-refractivity contribution in [3.63, 3.8) is 0 Å². The molecule has 0 bridgehead atoms. The molecule has 0 aliphatic carbocycles. The lowest BCUT2D eigenvalue weighted by Crippen LogP contribution is -2.36. The molecule has 0 spiro atoms. The molecule has 10 heteroatoms. The van der Waals surface area contributed by atoms with Gasteiger partial charge in [-0.15, -0.1) is 0 Å². The highest BCUT2D eigenvalue weighted by molar-refractivity contribution is 9.10. The van der Waals surface area contributed by atoms with Crippen LogP contribution in [0.25, 0.3) is 6.08 Å². The minimum atomic E-state index is -0.550. The van der Waals surface area contributed by atoms with E-state index in [-0.39, 0.29) is 23.9 Å². The Kier molecular flexibility index (Phi) is 8.85. The lowest BCUT2D eigenvalue weighted by molar-refractivity contribution is -0.127. The number of amides is 3. The molecule has 1 aliphatic heterocycles. The van der Waals surface area contributed by atoms with Gasteiger partial charge >= 0.3 is 0 Å². The fourth-order valence-electron chi connectivity index (χ4n) is 3.64. The topological polar surface area (TPSA) is 84.9 Å². The summed E-state index contributed by atoms with van der Waals surface area (Å²) in [5.41, 5.74) is 2.87. The van der Waals surface area contributed by atoms with Gasteiger partial charge in [-0.05, 0) is 94.6 Å². The minimum Gasteiger partial charge on any atom is -0.490 e. The third-order valence-corrected chi connectivity index (χ3v) is 7.02. The van der Waals surface area contributed by atoms with Crippen molar-refractivity contribution in [1.82, 2.24) is 4.90 Å². The van der Waals surface area contributed by atoms with Crippen LogP contribution in [0.2, 0.25) is 0 Å². The summed E-state index contributed by atoms with van der Waals surface area (Å²) in [5, 5.41) is 2.21. The zero-order chi connectivity index (χ0) is 27.2. The van der Waals surface area contributed by atoms with E-state index < -0.39 is 17.1 Å². The predicted molar refractivity (Wildman–Crippen MR) is 149 cm³/mol. The van der Waals surface area contributed by atoms with Crippen LogP contribution in [-0.2, 0) is 16.2 Å². The van der Waals surface area contributed by atoms with Crippen LogP contribution in [0, 0.1) is 12.7 Å². The number of para-hydroxylation sites is 1. The van der Waals surface area contributed by atoms with Gasteiger partial charge in [0.2, 0.25) is 5.91 Å². The molecule has 0 atom stereocenters. The van der Waals surface area contributed by atoms with E-state index in [1.54, 1.807) is 42.5 Å². The zero-order valence-electron chi connectivity index (χ0n) is 20.6. The molecule has 38 heavy (non-hydrogen) atoms. The smallest absolute Gasteiger partial charge is 0.294 e. The molecule has 0 saturated carbocycles. The number of benzene rings is 3. The Bertz CT molecular complexity index is 1410. The second-order valence-corrected chi connectivity index (χ2v) is 10.2. The Morgan fingerprint density at radius 2 is 1.84 bits per heavy atom. The third kappa shape index (κ3) is 6.62. The van der Waals surface area contributed by atoms with Gasteiger partial charge in [0.25, 0.3) is 11.1 Å². The van der Waals surface area contributed by atoms with Gasteiger partial charge in [0.1, 0.15) is 19.0 Å². The molecule has 1 saturated heterocycles. The Balaban J connectivity index is 1.49. The van der Waals surface area contributed by atoms with Gasteiger partial charge in [0, 0.05) is 5.69 Å². The monoisotopic (exact) mass is 598 g/mol. The van der Waals surface area contributed by atoms with Crippen LogP contribution in [0.15, 0.2) is 70.0 Å². The molecule has 3 aromatic rings. The molecule has 0 radical (unpaired) electrons. The van der Waals surface area contributed by atoms with Crippen LogP contribution >= 0.6 is 27.7 Å². The molecule has 196 valence electrons. The van der Waals surface area contributed by atoms with Crippen molar-refractivity contribution in [2.45, 2.75) is 20.5 Å². The quantitative estimate of drug-likeness (QED) is 0.281. The molecular weight excluding hydrogens is 575 g/mol. The number of carbonyl (C=O) groups is 3. The van der Waals surface area contributed by atoms with Gasteiger partial charge in [0.15, 0.2) is 11.5 Å². The zero-order valence-corrected chi connectivity index (χ0v) is 23.0. The van der Waals surface area contributed by atoms with Gasteiger partial charge in [-0.2, -0.15) is 0 Å². The molecular formula is C28H24BrFN2O5S. The lowest BCUT2D eigenvalue weighted by atomic mass is 10.1. The van der Waals surface area contributed by atoms with Crippen molar-refractivity contribution in [3.8, 4) is 11.5 Å². The third-order valence-electron chi connectivity index (χ3n) is 5.52. The molecule has 1 N–H and O–H groups in total. The number of imide groups is 1. The summed E-state index contributed by atoms with van der Waals surface area (Å²) >= 11 is 4.26. The summed E-state index contributed by atoms with van der Waals surface area (Å²) < 4.78 is 25.5. The van der Waals surface area contributed by atoms with E-state index in [0.29, 0.717) is 33.8 Å². The van der Waals surface area contributed by atoms with Crippen LogP contribution in [0.5, 0.6) is 11.5 Å². The molecule has 7 nitrogen and oxygen atoms in total. The summed E-state index contributed by atoms with van der Waals surface area (Å²) in [6.45, 7) is 3.86. The molecule has 0 aromatic heterocycles. The first-order valence-corrected chi connectivity index (χ1v) is 13.3. The molecule has 0 unspecified atom stereocenters. The van der Waals surface area contributed by atoms with Gasteiger partial charge in [-0.25, -0.2) is 4.39 Å². The van der Waals surface area contributed by atoms with Crippen LogP contribution in [0.3, 0.4) is 0 Å². The van der Waals surface area contributed by atoms with Crippen LogP contribution < -0.4 is 14.8 Å². The van der Waals surface area contributed by atoms with Gasteiger partial charge in [-0.3, -0.25) is 19.3 Å². The fraction of sp³-hybridized carbons (Fsp3) is 0.179. The van der Waals surface area contributed by atoms with E-state index in [9.17, 15) is 18.8 Å². The number of hydrogen-bond donors (Lipinski definition) is 1. The number of nitrogens with one attached hydrogen (secondary N) is 1. The number of nitrogens with zero attached hydrogens (tertiary/aromatic N) is 1. The first-order chi connectivity index (χ1) is 18.2. The number of carbonyl (C=O) groups excluding carboxylic acids is 3. The van der Waals surface area contributed by atoms with Crippen molar-refractivity contribution in [2.24, 2.45) is 0 Å². The van der Waals surface area contributed by atoms with Crippen molar-refractivity contribution in [1.29, 1.82) is 0 Å². The highest BCUT2D eigenvalue weighted by Crippen LogP contribution is 2.39. The maximum absolute atomic E-state index is 13.2. The highest BCUT2D eigenvalue weighted by Gasteiger charge is 2.36. The number of halogens is 2. The molecule has 4 rings (SSSR count). The van der Waals surface area contributed by atoms with E-state index in [2.05, 4.69) is 21.2 Å². The Morgan fingerprint density at radius 3 is 2.55 bits per heavy atom. The molecule has 1 heterocycles. The first kappa shape index (κ1) is 27.4. The van der Waals surface area contributed by atoms with Crippen LogP contribution in [0.4, 0.5) is 14.9 Å². The number of hydrogen-bond acceptors (Lipinski definition) is 6. The summed E-state index contributed by atoms with van der Waals surface area (Å²) in [4.78, 5) is 39.1. The van der Waals surface area contributed by atoms with E-state index in [4.69, 9.17) is 9.47 Å². The summed E-state index contributed by atoms with van der Waals surface area (Å²) in [7, 11) is 0. The van der Waals surface area contributed by atoms with Crippen LogP contribution in [0.1, 0.15) is 23.6 Å². The lowest BCUT2D eigenvalue weighted by Gasteiger charge is -2.15. The molecule has 3 aromatic carbocycles. The largest absolute Gasteiger partial charge is 0.490 e. The van der Waals surface area contributed by atoms with Gasteiger partial charge in [-0.1, -0.05) is 30.3 Å². The van der Waals surface area contributed by atoms with Gasteiger partial charge in [0.05, 0.1) is 16.0 Å². The van der Waals surface area contributed by atoms with E-state index in [1.807, 2.05) is 26.0 Å². The number of rotatable bonds is 9. The van der Waals surface area contributed by atoms with Crippen LogP contribution in [-0.4, -0.2) is 35.1 Å². The Morgan fingerprint density at radius 1 is 1.11 bits per heavy atom. The standard InChI is InChI=1S/C28H24BrFN2O5S/c1-3-36-23-13-19(12-21(29)26(23)37-16-18-8-10-20(30)11-9-18)14-24-27(34)32(28(35)38-24)15-25(33)31-22-7-5-4-6-17(22)2/h4-14H,3,15-16H2,1-2H3,(H,31,33)/b24-14-. The SMILES string of the molecule is CCOc1cc(/C=C2\SC(=O)N(CC(=O)Nc3ccccc3C)C2=O)cc(Br)c1OCc1ccc(F)cc1. The van der Waals surface area contributed by atoms with Crippen molar-refractivity contribution < 1.29 is 28.2 Å². The second-order valence-electron chi connectivity index (χ2n) is 8.31. The van der Waals surface area contributed by atoms with Crippen molar-refractivity contribution >= 4 is 56.5 Å². The summed E-state index contributed by atoms with van der Waals surface area (Å²) in [5.74, 6) is -0.454. The number of ether oxygens (including phenoxy) is 2. The Hall–Kier alpha value is -3.63. The van der Waals surface area contributed by atoms with E-state index >= 15 is 0 Å². The number of anilines is 1. The van der Waals surface area contributed by atoms with E-state index in [1.165, 1.54) is 12.1 Å². The average Bonchev–Trinajstić information content (AvgIpc) is 3.13. The minimum absolute atomic E-state index is 0.188. The summed E-state index contributed by atoms with van der Waals surface area (Å²) in [6, 6.07) is 16.7. The van der Waals surface area contributed by atoms with Crippen molar-refractivity contribution in [2.75, 3.05) is 18.5 Å². The number of thioether (sulfide) groups is 1. The predicted octanol–water partition coefficient (Wildman–Crippen LogP) is 6.55. The fourth-order valence-corrected chi connectivity index (χ4v) is 5.06. The first-order valence-electron chi connectivity index (χ1n) is 11.7. The Labute approximate surface area is 232 Å². The second kappa shape index (κ2) is 12.3. The summed E-state index contributed by atoms with van der Waals surface area (Å²) in [6.07, 6.45) is 1.57. The van der Waals surface area contributed by atoms with Crippen molar-refractivity contribution in [3.05, 3.63) is 92.5 Å². The average molecular weight is 599 g/mol. The highest BCUT2D eigenvalue weighted by atomic mass is 79.9. The molecule has 3 amide bonds. The number of aryl methyl sites for hydroxylation is 1. The van der Waals surface area contributed by atoms with E-state index in [0.717, 1.165) is 27.8 Å². The molecule has 1 aliphatic rings. The maximum Gasteiger partial charge on any atom is 0.294 e.